The number of ether oxygens (including phenoxy) is 1. The first-order valence-electron chi connectivity index (χ1n) is 10.1. The van der Waals surface area contributed by atoms with Crippen LogP contribution in [0, 0.1) is 0 Å². The SMILES string of the molecule is CCc1ccc(OCc2ccc(C(=O)Nc3ccn(Cc4ccc(Cl)cc4Cl)n3)o2)cc1. The number of hydrogen-bond donors (Lipinski definition) is 1. The van der Waals surface area contributed by atoms with E-state index in [1.165, 1.54) is 5.56 Å². The van der Waals surface area contributed by atoms with Crippen molar-refractivity contribution >= 4 is 34.9 Å². The first-order chi connectivity index (χ1) is 15.5. The molecule has 164 valence electrons. The molecule has 0 spiro atoms. The van der Waals surface area contributed by atoms with Gasteiger partial charge in [-0.15, -0.1) is 0 Å². The Labute approximate surface area is 195 Å². The first kappa shape index (κ1) is 22.0. The second-order valence-corrected chi connectivity index (χ2v) is 7.98. The highest BCUT2D eigenvalue weighted by atomic mass is 35.5. The van der Waals surface area contributed by atoms with Gasteiger partial charge in [-0.2, -0.15) is 5.10 Å². The summed E-state index contributed by atoms with van der Waals surface area (Å²) in [7, 11) is 0. The highest BCUT2D eigenvalue weighted by molar-refractivity contribution is 6.35. The van der Waals surface area contributed by atoms with Crippen LogP contribution in [0.3, 0.4) is 0 Å². The fourth-order valence-electron chi connectivity index (χ4n) is 3.07. The van der Waals surface area contributed by atoms with E-state index in [2.05, 4.69) is 17.3 Å². The molecule has 2 heterocycles. The number of benzene rings is 2. The van der Waals surface area contributed by atoms with Gasteiger partial charge in [-0.1, -0.05) is 48.3 Å². The fourth-order valence-corrected chi connectivity index (χ4v) is 3.54. The van der Waals surface area contributed by atoms with Gasteiger partial charge in [-0.05, 0) is 53.9 Å². The lowest BCUT2D eigenvalue weighted by Gasteiger charge is -2.05. The van der Waals surface area contributed by atoms with E-state index in [-0.39, 0.29) is 12.4 Å². The molecule has 0 saturated heterocycles. The minimum atomic E-state index is -0.390. The Kier molecular flexibility index (Phi) is 6.83. The summed E-state index contributed by atoms with van der Waals surface area (Å²) < 4.78 is 13.0. The third-order valence-electron chi connectivity index (χ3n) is 4.83. The molecule has 0 fully saturated rings. The lowest BCUT2D eigenvalue weighted by atomic mass is 10.2. The average Bonchev–Trinajstić information content (AvgIpc) is 3.44. The van der Waals surface area contributed by atoms with Crippen molar-refractivity contribution in [2.75, 3.05) is 5.32 Å². The maximum Gasteiger partial charge on any atom is 0.292 e. The molecule has 4 aromatic rings. The highest BCUT2D eigenvalue weighted by Gasteiger charge is 2.14. The van der Waals surface area contributed by atoms with Crippen molar-refractivity contribution in [3.63, 3.8) is 0 Å². The average molecular weight is 470 g/mol. The molecule has 6 nitrogen and oxygen atoms in total. The van der Waals surface area contributed by atoms with Gasteiger partial charge in [-0.25, -0.2) is 0 Å². The van der Waals surface area contributed by atoms with E-state index in [0.29, 0.717) is 28.2 Å². The zero-order valence-corrected chi connectivity index (χ0v) is 18.9. The van der Waals surface area contributed by atoms with Crippen molar-refractivity contribution < 1.29 is 13.9 Å². The molecule has 0 radical (unpaired) electrons. The lowest BCUT2D eigenvalue weighted by molar-refractivity contribution is 0.0992. The van der Waals surface area contributed by atoms with E-state index in [1.54, 1.807) is 41.2 Å². The van der Waals surface area contributed by atoms with Crippen LogP contribution in [0.25, 0.3) is 0 Å². The van der Waals surface area contributed by atoms with Crippen LogP contribution >= 0.6 is 23.2 Å². The number of furan rings is 1. The minimum absolute atomic E-state index is 0.181. The predicted octanol–water partition coefficient (Wildman–Crippen LogP) is 6.22. The Hall–Kier alpha value is -3.22. The molecule has 0 atom stereocenters. The van der Waals surface area contributed by atoms with Crippen molar-refractivity contribution in [2.45, 2.75) is 26.5 Å². The molecular weight excluding hydrogens is 449 g/mol. The summed E-state index contributed by atoms with van der Waals surface area (Å²) in [6.07, 6.45) is 2.73. The maximum absolute atomic E-state index is 12.5. The Balaban J connectivity index is 1.33. The third-order valence-corrected chi connectivity index (χ3v) is 5.41. The van der Waals surface area contributed by atoms with Crippen LogP contribution < -0.4 is 10.1 Å². The number of halogens is 2. The van der Waals surface area contributed by atoms with E-state index in [0.717, 1.165) is 17.7 Å². The topological polar surface area (TPSA) is 69.3 Å². The number of nitrogens with one attached hydrogen (secondary N) is 1. The Morgan fingerprint density at radius 1 is 1.09 bits per heavy atom. The second-order valence-electron chi connectivity index (χ2n) is 7.14. The summed E-state index contributed by atoms with van der Waals surface area (Å²) in [5, 5.41) is 8.22. The van der Waals surface area contributed by atoms with Crippen LogP contribution in [0.15, 0.2) is 71.3 Å². The summed E-state index contributed by atoms with van der Waals surface area (Å²) in [6, 6.07) is 18.2. The number of hydrogen-bond acceptors (Lipinski definition) is 4. The number of nitrogens with zero attached hydrogens (tertiary/aromatic N) is 2. The molecule has 8 heteroatoms. The number of anilines is 1. The normalized spacial score (nSPS) is 10.8. The second kappa shape index (κ2) is 9.94. The smallest absolute Gasteiger partial charge is 0.292 e. The molecule has 4 rings (SSSR count). The molecule has 32 heavy (non-hydrogen) atoms. The van der Waals surface area contributed by atoms with Crippen LogP contribution in [0.2, 0.25) is 10.0 Å². The number of aromatic nitrogens is 2. The monoisotopic (exact) mass is 469 g/mol. The fraction of sp³-hybridized carbons (Fsp3) is 0.167. The number of carbonyl (C=O) groups excluding carboxylic acids is 1. The predicted molar refractivity (Wildman–Crippen MR) is 125 cm³/mol. The molecular formula is C24H21Cl2N3O3. The van der Waals surface area contributed by atoms with Crippen LogP contribution in [0.1, 0.15) is 34.4 Å². The quantitative estimate of drug-likeness (QED) is 0.332. The Morgan fingerprint density at radius 2 is 1.91 bits per heavy atom. The molecule has 1 amide bonds. The van der Waals surface area contributed by atoms with Gasteiger partial charge in [-0.3, -0.25) is 9.48 Å². The van der Waals surface area contributed by atoms with Crippen LogP contribution in [-0.4, -0.2) is 15.7 Å². The van der Waals surface area contributed by atoms with Crippen LogP contribution in [0.5, 0.6) is 5.75 Å². The summed E-state index contributed by atoms with van der Waals surface area (Å²) in [5.74, 6) is 1.50. The van der Waals surface area contributed by atoms with Gasteiger partial charge in [0.2, 0.25) is 0 Å². The molecule has 0 aliphatic rings. The van der Waals surface area contributed by atoms with E-state index < -0.39 is 5.91 Å². The number of amides is 1. The molecule has 0 saturated carbocycles. The van der Waals surface area contributed by atoms with Crippen molar-refractivity contribution in [2.24, 2.45) is 0 Å². The minimum Gasteiger partial charge on any atom is -0.486 e. The summed E-state index contributed by atoms with van der Waals surface area (Å²) in [6.45, 7) is 2.79. The van der Waals surface area contributed by atoms with Crippen molar-refractivity contribution in [1.82, 2.24) is 9.78 Å². The summed E-state index contributed by atoms with van der Waals surface area (Å²) >= 11 is 12.1. The lowest BCUT2D eigenvalue weighted by Crippen LogP contribution is -2.12. The maximum atomic E-state index is 12.5. The van der Waals surface area contributed by atoms with Gasteiger partial charge < -0.3 is 14.5 Å². The molecule has 0 aliphatic heterocycles. The Morgan fingerprint density at radius 3 is 2.66 bits per heavy atom. The van der Waals surface area contributed by atoms with Gasteiger partial charge in [0.05, 0.1) is 6.54 Å². The van der Waals surface area contributed by atoms with Gasteiger partial charge >= 0.3 is 0 Å². The van der Waals surface area contributed by atoms with Crippen molar-refractivity contribution in [3.05, 3.63) is 99.6 Å². The number of aryl methyl sites for hydroxylation is 1. The molecule has 0 unspecified atom stereocenters. The molecule has 2 aromatic carbocycles. The van der Waals surface area contributed by atoms with Gasteiger partial charge in [0.15, 0.2) is 11.6 Å². The number of carbonyl (C=O) groups is 1. The highest BCUT2D eigenvalue weighted by Crippen LogP contribution is 2.22. The summed E-state index contributed by atoms with van der Waals surface area (Å²) in [4.78, 5) is 12.5. The van der Waals surface area contributed by atoms with Gasteiger partial charge in [0.25, 0.3) is 5.91 Å². The number of rotatable bonds is 8. The van der Waals surface area contributed by atoms with Gasteiger partial charge in [0.1, 0.15) is 18.1 Å². The zero-order chi connectivity index (χ0) is 22.5. The standard InChI is InChI=1S/C24H21Cl2N3O3/c1-2-16-3-7-19(8-4-16)31-15-20-9-10-22(32-20)24(30)27-23-11-12-29(28-23)14-17-5-6-18(25)13-21(17)26/h3-13H,2,14-15H2,1H3,(H,27,28,30). The van der Waals surface area contributed by atoms with Crippen molar-refractivity contribution in [1.29, 1.82) is 0 Å². The van der Waals surface area contributed by atoms with E-state index in [4.69, 9.17) is 32.4 Å². The molecule has 1 N–H and O–H groups in total. The van der Waals surface area contributed by atoms with Crippen LogP contribution in [-0.2, 0) is 19.6 Å². The van der Waals surface area contributed by atoms with E-state index >= 15 is 0 Å². The van der Waals surface area contributed by atoms with E-state index in [1.807, 2.05) is 30.3 Å². The largest absolute Gasteiger partial charge is 0.486 e. The Bertz CT molecular complexity index is 1220. The molecule has 2 aromatic heterocycles. The van der Waals surface area contributed by atoms with Crippen molar-refractivity contribution in [3.8, 4) is 5.75 Å². The molecule has 0 bridgehead atoms. The zero-order valence-electron chi connectivity index (χ0n) is 17.3. The first-order valence-corrected chi connectivity index (χ1v) is 10.8. The van der Waals surface area contributed by atoms with Gasteiger partial charge in [0, 0.05) is 22.3 Å². The molecule has 0 aliphatic carbocycles. The van der Waals surface area contributed by atoms with Crippen LogP contribution in [0.4, 0.5) is 5.82 Å². The summed E-state index contributed by atoms with van der Waals surface area (Å²) in [5.41, 5.74) is 2.12. The third kappa shape index (κ3) is 5.52. The van der Waals surface area contributed by atoms with E-state index in [9.17, 15) is 4.79 Å².